The molecule has 0 fully saturated rings. The van der Waals surface area contributed by atoms with Gasteiger partial charge in [-0.05, 0) is 36.2 Å². The Morgan fingerprint density at radius 3 is 2.67 bits per heavy atom. The van der Waals surface area contributed by atoms with Crippen molar-refractivity contribution in [3.8, 4) is 0 Å². The molecule has 1 amide bonds. The lowest BCUT2D eigenvalue weighted by atomic mass is 10.1. The average Bonchev–Trinajstić information content (AvgIpc) is 2.55. The number of rotatable bonds is 3. The van der Waals surface area contributed by atoms with E-state index >= 15 is 0 Å². The van der Waals surface area contributed by atoms with Crippen molar-refractivity contribution in [2.24, 2.45) is 0 Å². The Labute approximate surface area is 124 Å². The maximum Gasteiger partial charge on any atom is 0.255 e. The standard InChI is InChI=1S/C17H19N3O/c1-2-12-5-3-4-6-14(12)20-17(21)13-7-8-15-16(11-13)19-10-9-18-15/h3-8,11,18-19H,2,9-10H2,1H3,(H,20,21). The van der Waals surface area contributed by atoms with Crippen molar-refractivity contribution >= 4 is 23.0 Å². The van der Waals surface area contributed by atoms with Crippen molar-refractivity contribution in [1.82, 2.24) is 0 Å². The summed E-state index contributed by atoms with van der Waals surface area (Å²) in [6, 6.07) is 13.6. The van der Waals surface area contributed by atoms with E-state index in [0.717, 1.165) is 42.1 Å². The van der Waals surface area contributed by atoms with Crippen LogP contribution in [0.5, 0.6) is 0 Å². The van der Waals surface area contributed by atoms with E-state index in [-0.39, 0.29) is 5.91 Å². The fourth-order valence-electron chi connectivity index (χ4n) is 2.53. The zero-order valence-corrected chi connectivity index (χ0v) is 12.1. The predicted molar refractivity (Wildman–Crippen MR) is 87.2 cm³/mol. The van der Waals surface area contributed by atoms with Gasteiger partial charge in [0, 0.05) is 24.3 Å². The lowest BCUT2D eigenvalue weighted by Gasteiger charge is -2.20. The highest BCUT2D eigenvalue weighted by Gasteiger charge is 2.13. The first-order chi connectivity index (χ1) is 10.3. The fourth-order valence-corrected chi connectivity index (χ4v) is 2.53. The van der Waals surface area contributed by atoms with Crippen LogP contribution in [-0.4, -0.2) is 19.0 Å². The minimum absolute atomic E-state index is 0.0777. The van der Waals surface area contributed by atoms with Crippen LogP contribution in [-0.2, 0) is 6.42 Å². The van der Waals surface area contributed by atoms with Gasteiger partial charge >= 0.3 is 0 Å². The fraction of sp³-hybridized carbons (Fsp3) is 0.235. The molecule has 21 heavy (non-hydrogen) atoms. The third kappa shape index (κ3) is 2.84. The van der Waals surface area contributed by atoms with E-state index in [9.17, 15) is 4.79 Å². The van der Waals surface area contributed by atoms with Crippen molar-refractivity contribution in [3.05, 3.63) is 53.6 Å². The van der Waals surface area contributed by atoms with Crippen molar-refractivity contribution in [1.29, 1.82) is 0 Å². The van der Waals surface area contributed by atoms with Crippen molar-refractivity contribution < 1.29 is 4.79 Å². The molecule has 4 nitrogen and oxygen atoms in total. The highest BCUT2D eigenvalue weighted by molar-refractivity contribution is 6.05. The molecule has 3 N–H and O–H groups in total. The summed E-state index contributed by atoms with van der Waals surface area (Å²) in [7, 11) is 0. The molecule has 0 spiro atoms. The maximum atomic E-state index is 12.4. The maximum absolute atomic E-state index is 12.4. The van der Waals surface area contributed by atoms with Gasteiger partial charge in [-0.25, -0.2) is 0 Å². The highest BCUT2D eigenvalue weighted by atomic mass is 16.1. The number of benzene rings is 2. The topological polar surface area (TPSA) is 53.2 Å². The molecule has 3 rings (SSSR count). The molecule has 4 heteroatoms. The second kappa shape index (κ2) is 5.87. The largest absolute Gasteiger partial charge is 0.382 e. The number of carbonyl (C=O) groups excluding carboxylic acids is 1. The Balaban J connectivity index is 1.82. The minimum atomic E-state index is -0.0777. The second-order valence-electron chi connectivity index (χ2n) is 5.08. The minimum Gasteiger partial charge on any atom is -0.382 e. The molecule has 0 atom stereocenters. The summed E-state index contributed by atoms with van der Waals surface area (Å²) in [6.07, 6.45) is 0.895. The van der Waals surface area contributed by atoms with E-state index in [1.807, 2.05) is 42.5 Å². The zero-order chi connectivity index (χ0) is 14.7. The number of aryl methyl sites for hydroxylation is 1. The zero-order valence-electron chi connectivity index (χ0n) is 12.1. The number of hydrogen-bond donors (Lipinski definition) is 3. The summed E-state index contributed by atoms with van der Waals surface area (Å²) < 4.78 is 0. The van der Waals surface area contributed by atoms with Crippen molar-refractivity contribution in [2.75, 3.05) is 29.0 Å². The predicted octanol–water partition coefficient (Wildman–Crippen LogP) is 3.34. The van der Waals surface area contributed by atoms with Crippen LogP contribution in [0.15, 0.2) is 42.5 Å². The Morgan fingerprint density at radius 1 is 1.10 bits per heavy atom. The van der Waals surface area contributed by atoms with Gasteiger partial charge in [-0.1, -0.05) is 25.1 Å². The van der Waals surface area contributed by atoms with Gasteiger partial charge in [0.2, 0.25) is 0 Å². The molecule has 1 heterocycles. The summed E-state index contributed by atoms with van der Waals surface area (Å²) in [4.78, 5) is 12.4. The quantitative estimate of drug-likeness (QED) is 0.809. The van der Waals surface area contributed by atoms with E-state index in [1.165, 1.54) is 0 Å². The molecule has 0 aliphatic carbocycles. The van der Waals surface area contributed by atoms with Gasteiger partial charge in [0.1, 0.15) is 0 Å². The van der Waals surface area contributed by atoms with E-state index in [0.29, 0.717) is 5.56 Å². The number of amides is 1. The molecule has 0 saturated heterocycles. The average molecular weight is 281 g/mol. The van der Waals surface area contributed by atoms with E-state index in [4.69, 9.17) is 0 Å². The van der Waals surface area contributed by atoms with Crippen LogP contribution in [0, 0.1) is 0 Å². The number of carbonyl (C=O) groups is 1. The van der Waals surface area contributed by atoms with E-state index in [1.54, 1.807) is 0 Å². The summed E-state index contributed by atoms with van der Waals surface area (Å²) in [5.74, 6) is -0.0777. The van der Waals surface area contributed by atoms with E-state index < -0.39 is 0 Å². The lowest BCUT2D eigenvalue weighted by molar-refractivity contribution is 0.102. The normalized spacial score (nSPS) is 12.8. The van der Waals surface area contributed by atoms with Gasteiger partial charge in [-0.2, -0.15) is 0 Å². The molecule has 0 bridgehead atoms. The molecular weight excluding hydrogens is 262 g/mol. The molecule has 0 aromatic heterocycles. The van der Waals surface area contributed by atoms with Crippen LogP contribution in [0.3, 0.4) is 0 Å². The number of para-hydroxylation sites is 1. The SMILES string of the molecule is CCc1ccccc1NC(=O)c1ccc2c(c1)NCCN2. The van der Waals surface area contributed by atoms with Crippen LogP contribution in [0.4, 0.5) is 17.1 Å². The van der Waals surface area contributed by atoms with Crippen LogP contribution in [0.2, 0.25) is 0 Å². The van der Waals surface area contributed by atoms with Crippen LogP contribution in [0.1, 0.15) is 22.8 Å². The first-order valence-electron chi connectivity index (χ1n) is 7.29. The summed E-state index contributed by atoms with van der Waals surface area (Å²) >= 11 is 0. The Morgan fingerprint density at radius 2 is 1.86 bits per heavy atom. The monoisotopic (exact) mass is 281 g/mol. The summed E-state index contributed by atoms with van der Waals surface area (Å²) in [5.41, 5.74) is 4.72. The van der Waals surface area contributed by atoms with Crippen LogP contribution < -0.4 is 16.0 Å². The van der Waals surface area contributed by atoms with E-state index in [2.05, 4.69) is 22.9 Å². The molecule has 0 saturated carbocycles. The van der Waals surface area contributed by atoms with Gasteiger partial charge in [0.25, 0.3) is 5.91 Å². The molecule has 1 aliphatic rings. The molecular formula is C17H19N3O. The molecule has 2 aromatic rings. The van der Waals surface area contributed by atoms with Crippen molar-refractivity contribution in [3.63, 3.8) is 0 Å². The van der Waals surface area contributed by atoms with Gasteiger partial charge in [-0.3, -0.25) is 4.79 Å². The Kier molecular flexibility index (Phi) is 3.77. The molecule has 2 aromatic carbocycles. The third-order valence-electron chi connectivity index (χ3n) is 3.68. The van der Waals surface area contributed by atoms with Gasteiger partial charge in [-0.15, -0.1) is 0 Å². The first-order valence-corrected chi connectivity index (χ1v) is 7.29. The number of nitrogens with one attached hydrogen (secondary N) is 3. The Hall–Kier alpha value is -2.49. The van der Waals surface area contributed by atoms with Crippen LogP contribution in [0.25, 0.3) is 0 Å². The van der Waals surface area contributed by atoms with Gasteiger partial charge in [0.05, 0.1) is 11.4 Å². The third-order valence-corrected chi connectivity index (χ3v) is 3.68. The van der Waals surface area contributed by atoms with Crippen molar-refractivity contribution in [2.45, 2.75) is 13.3 Å². The molecule has 0 unspecified atom stereocenters. The number of anilines is 3. The highest BCUT2D eigenvalue weighted by Crippen LogP contribution is 2.26. The van der Waals surface area contributed by atoms with Crippen LogP contribution >= 0.6 is 0 Å². The molecule has 1 aliphatic heterocycles. The van der Waals surface area contributed by atoms with Gasteiger partial charge < -0.3 is 16.0 Å². The number of fused-ring (bicyclic) bond motifs is 1. The van der Waals surface area contributed by atoms with Gasteiger partial charge in [0.15, 0.2) is 0 Å². The summed E-state index contributed by atoms with van der Waals surface area (Å²) in [5, 5.41) is 9.60. The molecule has 0 radical (unpaired) electrons. The first kappa shape index (κ1) is 13.5. The Bertz CT molecular complexity index is 667. The lowest BCUT2D eigenvalue weighted by Crippen LogP contribution is -2.21. The number of hydrogen-bond acceptors (Lipinski definition) is 3. The second-order valence-corrected chi connectivity index (χ2v) is 5.08. The molecule has 108 valence electrons. The smallest absolute Gasteiger partial charge is 0.255 e. The summed E-state index contributed by atoms with van der Waals surface area (Å²) in [6.45, 7) is 3.86.